The molecule has 19 heavy (non-hydrogen) atoms. The van der Waals surface area contributed by atoms with Crippen molar-refractivity contribution in [3.8, 4) is 0 Å². The first kappa shape index (κ1) is 13.3. The van der Waals surface area contributed by atoms with Crippen LogP contribution in [0.25, 0.3) is 0 Å². The number of anilines is 1. The lowest BCUT2D eigenvalue weighted by molar-refractivity contribution is 0.626. The third-order valence-corrected chi connectivity index (χ3v) is 2.98. The van der Waals surface area contributed by atoms with Gasteiger partial charge in [-0.05, 0) is 31.5 Å². The van der Waals surface area contributed by atoms with E-state index in [1.165, 1.54) is 12.1 Å². The average molecular weight is 261 g/mol. The lowest BCUT2D eigenvalue weighted by Crippen LogP contribution is -2.24. The van der Waals surface area contributed by atoms with E-state index >= 15 is 0 Å². The zero-order chi connectivity index (χ0) is 13.8. The van der Waals surface area contributed by atoms with Gasteiger partial charge < -0.3 is 9.88 Å². The molecule has 0 aliphatic carbocycles. The van der Waals surface area contributed by atoms with Gasteiger partial charge in [0.2, 0.25) is 0 Å². The highest BCUT2D eigenvalue weighted by atomic mass is 19.1. The van der Waals surface area contributed by atoms with Gasteiger partial charge in [-0.15, -0.1) is 0 Å². The fourth-order valence-corrected chi connectivity index (χ4v) is 1.84. The molecule has 0 saturated heterocycles. The van der Waals surface area contributed by atoms with Crippen LogP contribution in [0.4, 0.5) is 10.2 Å². The molecule has 100 valence electrons. The summed E-state index contributed by atoms with van der Waals surface area (Å²) in [5.74, 6) is 0.0308. The van der Waals surface area contributed by atoms with Crippen molar-refractivity contribution < 1.29 is 4.39 Å². The highest BCUT2D eigenvalue weighted by Crippen LogP contribution is 2.16. The quantitative estimate of drug-likeness (QED) is 0.920. The van der Waals surface area contributed by atoms with E-state index in [0.717, 1.165) is 5.56 Å². The first-order valence-corrected chi connectivity index (χ1v) is 6.19. The van der Waals surface area contributed by atoms with Crippen molar-refractivity contribution in [3.63, 3.8) is 0 Å². The first-order valence-electron chi connectivity index (χ1n) is 6.19. The van der Waals surface area contributed by atoms with Crippen LogP contribution in [0.1, 0.15) is 25.5 Å². The predicted octanol–water partition coefficient (Wildman–Crippen LogP) is 2.58. The van der Waals surface area contributed by atoms with Gasteiger partial charge >= 0.3 is 0 Å². The van der Waals surface area contributed by atoms with Gasteiger partial charge in [0.1, 0.15) is 5.82 Å². The average Bonchev–Trinajstić information content (AvgIpc) is 2.42. The van der Waals surface area contributed by atoms with Crippen molar-refractivity contribution in [2.45, 2.75) is 26.4 Å². The molecule has 0 aliphatic rings. The van der Waals surface area contributed by atoms with E-state index < -0.39 is 0 Å². The SMILES string of the molecule is CCn1ccnc(NC(C)c2ccc(F)cc2)c1=O. The third-order valence-electron chi connectivity index (χ3n) is 2.98. The molecule has 0 fully saturated rings. The second kappa shape index (κ2) is 5.65. The fourth-order valence-electron chi connectivity index (χ4n) is 1.84. The van der Waals surface area contributed by atoms with Crippen LogP contribution in [-0.2, 0) is 6.54 Å². The zero-order valence-corrected chi connectivity index (χ0v) is 10.9. The number of hydrogen-bond acceptors (Lipinski definition) is 3. The molecule has 0 spiro atoms. The molecule has 0 radical (unpaired) electrons. The van der Waals surface area contributed by atoms with Gasteiger partial charge in [0.15, 0.2) is 5.82 Å². The molecular formula is C14H16FN3O. The van der Waals surface area contributed by atoms with Gasteiger partial charge in [-0.3, -0.25) is 4.79 Å². The summed E-state index contributed by atoms with van der Waals surface area (Å²) in [5, 5.41) is 3.05. The number of nitrogens with zero attached hydrogens (tertiary/aromatic N) is 2. The zero-order valence-electron chi connectivity index (χ0n) is 10.9. The number of benzene rings is 1. The van der Waals surface area contributed by atoms with Gasteiger partial charge in [-0.1, -0.05) is 12.1 Å². The molecular weight excluding hydrogens is 245 g/mol. The number of hydrogen-bond donors (Lipinski definition) is 1. The highest BCUT2D eigenvalue weighted by molar-refractivity contribution is 5.35. The molecule has 0 saturated carbocycles. The highest BCUT2D eigenvalue weighted by Gasteiger charge is 2.09. The van der Waals surface area contributed by atoms with Crippen molar-refractivity contribution in [2.24, 2.45) is 0 Å². The maximum Gasteiger partial charge on any atom is 0.293 e. The molecule has 4 nitrogen and oxygen atoms in total. The molecule has 0 amide bonds. The predicted molar refractivity (Wildman–Crippen MR) is 72.6 cm³/mol. The first-order chi connectivity index (χ1) is 9.11. The number of aromatic nitrogens is 2. The Bertz CT molecular complexity index is 607. The van der Waals surface area contributed by atoms with Crippen LogP contribution in [-0.4, -0.2) is 9.55 Å². The van der Waals surface area contributed by atoms with Crippen LogP contribution in [0.5, 0.6) is 0 Å². The molecule has 1 N–H and O–H groups in total. The Kier molecular flexibility index (Phi) is 3.94. The smallest absolute Gasteiger partial charge is 0.293 e. The molecule has 5 heteroatoms. The maximum absolute atomic E-state index is 12.9. The van der Waals surface area contributed by atoms with Crippen molar-refractivity contribution in [1.29, 1.82) is 0 Å². The largest absolute Gasteiger partial charge is 0.359 e. The fraction of sp³-hybridized carbons (Fsp3) is 0.286. The third kappa shape index (κ3) is 2.99. The van der Waals surface area contributed by atoms with E-state index in [9.17, 15) is 9.18 Å². The lowest BCUT2D eigenvalue weighted by atomic mass is 10.1. The summed E-state index contributed by atoms with van der Waals surface area (Å²) < 4.78 is 14.4. The van der Waals surface area contributed by atoms with E-state index in [1.807, 2.05) is 13.8 Å². The molecule has 1 atom stereocenters. The van der Waals surface area contributed by atoms with Crippen LogP contribution < -0.4 is 10.9 Å². The Morgan fingerprint density at radius 2 is 2.05 bits per heavy atom. The molecule has 1 aromatic heterocycles. The van der Waals surface area contributed by atoms with E-state index in [-0.39, 0.29) is 17.4 Å². The molecule has 1 aromatic carbocycles. The summed E-state index contributed by atoms with van der Waals surface area (Å²) in [6, 6.07) is 6.06. The Labute approximate surface area is 110 Å². The monoisotopic (exact) mass is 261 g/mol. The molecule has 2 aromatic rings. The Morgan fingerprint density at radius 3 is 2.68 bits per heavy atom. The molecule has 0 aliphatic heterocycles. The standard InChI is InChI=1S/C14H16FN3O/c1-3-18-9-8-16-13(14(18)19)17-10(2)11-4-6-12(15)7-5-11/h4-10H,3H2,1-2H3,(H,16,17). The summed E-state index contributed by atoms with van der Waals surface area (Å²) in [6.07, 6.45) is 3.24. The lowest BCUT2D eigenvalue weighted by Gasteiger charge is -2.15. The Morgan fingerprint density at radius 1 is 1.37 bits per heavy atom. The second-order valence-electron chi connectivity index (χ2n) is 4.28. The van der Waals surface area contributed by atoms with Gasteiger partial charge in [0, 0.05) is 18.9 Å². The molecule has 1 unspecified atom stereocenters. The number of halogens is 1. The number of nitrogens with one attached hydrogen (secondary N) is 1. The minimum absolute atomic E-state index is 0.117. The Hall–Kier alpha value is -2.17. The summed E-state index contributed by atoms with van der Waals surface area (Å²) in [5.41, 5.74) is 0.744. The van der Waals surface area contributed by atoms with Crippen LogP contribution in [0.3, 0.4) is 0 Å². The van der Waals surface area contributed by atoms with Gasteiger partial charge in [0.05, 0.1) is 6.04 Å². The summed E-state index contributed by atoms with van der Waals surface area (Å²) in [7, 11) is 0. The molecule has 2 rings (SSSR count). The molecule has 0 bridgehead atoms. The van der Waals surface area contributed by atoms with Gasteiger partial charge in [0.25, 0.3) is 5.56 Å². The maximum atomic E-state index is 12.9. The topological polar surface area (TPSA) is 46.9 Å². The summed E-state index contributed by atoms with van der Waals surface area (Å²) >= 11 is 0. The van der Waals surface area contributed by atoms with Crippen molar-refractivity contribution in [3.05, 3.63) is 58.4 Å². The summed E-state index contributed by atoms with van der Waals surface area (Å²) in [4.78, 5) is 16.1. The van der Waals surface area contributed by atoms with Gasteiger partial charge in [-0.2, -0.15) is 0 Å². The minimum atomic E-state index is -0.276. The van der Waals surface area contributed by atoms with E-state index in [0.29, 0.717) is 12.4 Å². The van der Waals surface area contributed by atoms with Crippen LogP contribution in [0.2, 0.25) is 0 Å². The van der Waals surface area contributed by atoms with E-state index in [4.69, 9.17) is 0 Å². The van der Waals surface area contributed by atoms with Crippen molar-refractivity contribution >= 4 is 5.82 Å². The van der Waals surface area contributed by atoms with Crippen LogP contribution >= 0.6 is 0 Å². The molecule has 1 heterocycles. The minimum Gasteiger partial charge on any atom is -0.359 e. The van der Waals surface area contributed by atoms with E-state index in [1.54, 1.807) is 29.1 Å². The second-order valence-corrected chi connectivity index (χ2v) is 4.28. The van der Waals surface area contributed by atoms with Crippen LogP contribution in [0.15, 0.2) is 41.5 Å². The Balaban J connectivity index is 2.21. The van der Waals surface area contributed by atoms with Crippen LogP contribution in [0, 0.1) is 5.82 Å². The van der Waals surface area contributed by atoms with Crippen molar-refractivity contribution in [2.75, 3.05) is 5.32 Å². The summed E-state index contributed by atoms with van der Waals surface area (Å²) in [6.45, 7) is 4.40. The number of aryl methyl sites for hydroxylation is 1. The van der Waals surface area contributed by atoms with Crippen molar-refractivity contribution in [1.82, 2.24) is 9.55 Å². The number of rotatable bonds is 4. The van der Waals surface area contributed by atoms with E-state index in [2.05, 4.69) is 10.3 Å². The normalized spacial score (nSPS) is 12.2. The van der Waals surface area contributed by atoms with Gasteiger partial charge in [-0.25, -0.2) is 9.37 Å².